The highest BCUT2D eigenvalue weighted by molar-refractivity contribution is 6.30. The number of nitrogens with zero attached hydrogens (tertiary/aromatic N) is 1. The molecular formula is C32H33ClN4O6. The average molecular weight is 605 g/mol. The van der Waals surface area contributed by atoms with Crippen molar-refractivity contribution in [2.75, 3.05) is 24.4 Å². The summed E-state index contributed by atoms with van der Waals surface area (Å²) < 4.78 is 23.1. The lowest BCUT2D eigenvalue weighted by molar-refractivity contribution is -0.150. The van der Waals surface area contributed by atoms with Crippen molar-refractivity contribution in [3.63, 3.8) is 0 Å². The molecule has 1 atom stereocenters. The molecule has 2 amide bonds. The molecule has 1 aromatic heterocycles. The molecule has 3 aromatic carbocycles. The second kappa shape index (κ2) is 14.1. The Balaban J connectivity index is 1.19. The fourth-order valence-electron chi connectivity index (χ4n) is 4.72. The summed E-state index contributed by atoms with van der Waals surface area (Å²) in [5.74, 6) is 1.69. The van der Waals surface area contributed by atoms with Crippen molar-refractivity contribution < 1.29 is 28.5 Å². The van der Waals surface area contributed by atoms with Crippen molar-refractivity contribution in [3.05, 3.63) is 77.9 Å². The molecule has 1 aliphatic carbocycles. The molecule has 43 heavy (non-hydrogen) atoms. The Morgan fingerprint density at radius 1 is 0.953 bits per heavy atom. The van der Waals surface area contributed by atoms with Gasteiger partial charge in [-0.1, -0.05) is 11.6 Å². The van der Waals surface area contributed by atoms with Gasteiger partial charge in [0, 0.05) is 40.5 Å². The molecule has 0 aliphatic heterocycles. The molecule has 0 radical (unpaired) electrons. The summed E-state index contributed by atoms with van der Waals surface area (Å²) in [5.41, 5.74) is 7.89. The normalized spacial score (nSPS) is 13.7. The quantitative estimate of drug-likeness (QED) is 0.157. The van der Waals surface area contributed by atoms with E-state index in [-0.39, 0.29) is 18.7 Å². The van der Waals surface area contributed by atoms with Crippen molar-refractivity contribution in [2.45, 2.75) is 44.2 Å². The molecular weight excluding hydrogens is 572 g/mol. The van der Waals surface area contributed by atoms with Gasteiger partial charge in [-0.25, -0.2) is 4.79 Å². The Bertz CT molecular complexity index is 1560. The van der Waals surface area contributed by atoms with Crippen LogP contribution in [0, 0.1) is 0 Å². The van der Waals surface area contributed by atoms with Gasteiger partial charge in [0.1, 0.15) is 23.6 Å². The molecule has 0 unspecified atom stereocenters. The van der Waals surface area contributed by atoms with Gasteiger partial charge in [-0.15, -0.1) is 0 Å². The molecule has 1 heterocycles. The van der Waals surface area contributed by atoms with Gasteiger partial charge >= 0.3 is 12.0 Å². The number of aromatic nitrogens is 1. The number of anilines is 2. The fourth-order valence-corrected chi connectivity index (χ4v) is 4.85. The highest BCUT2D eigenvalue weighted by Gasteiger charge is 2.23. The van der Waals surface area contributed by atoms with Gasteiger partial charge < -0.3 is 35.3 Å². The van der Waals surface area contributed by atoms with E-state index in [1.807, 2.05) is 0 Å². The van der Waals surface area contributed by atoms with Crippen LogP contribution in [0.15, 0.2) is 72.9 Å². The van der Waals surface area contributed by atoms with Crippen LogP contribution in [-0.2, 0) is 9.53 Å². The van der Waals surface area contributed by atoms with E-state index >= 15 is 0 Å². The first kappa shape index (κ1) is 29.9. The number of amides is 2. The van der Waals surface area contributed by atoms with Crippen LogP contribution in [0.2, 0.25) is 5.02 Å². The topological polar surface area (TPSA) is 134 Å². The number of rotatable bonds is 11. The van der Waals surface area contributed by atoms with Crippen LogP contribution in [0.5, 0.6) is 23.0 Å². The summed E-state index contributed by atoms with van der Waals surface area (Å²) in [4.78, 5) is 29.1. The minimum Gasteiger partial charge on any atom is -0.493 e. The predicted octanol–water partition coefficient (Wildman–Crippen LogP) is 6.92. The van der Waals surface area contributed by atoms with E-state index in [1.54, 1.807) is 80.0 Å². The number of hydrogen-bond acceptors (Lipinski definition) is 8. The zero-order valence-electron chi connectivity index (χ0n) is 23.7. The molecule has 0 bridgehead atoms. The largest absolute Gasteiger partial charge is 0.493 e. The third-order valence-electron chi connectivity index (χ3n) is 7.00. The molecule has 0 saturated heterocycles. The van der Waals surface area contributed by atoms with E-state index in [0.29, 0.717) is 56.7 Å². The maximum atomic E-state index is 12.3. The first-order chi connectivity index (χ1) is 20.9. The van der Waals surface area contributed by atoms with Crippen LogP contribution in [-0.4, -0.2) is 42.8 Å². The number of hydrogen-bond donors (Lipinski definition) is 3. The number of ether oxygens (including phenoxy) is 4. The number of carbonyl (C=O) groups is 2. The number of esters is 1. The average Bonchev–Trinajstić information content (AvgIpc) is 3.52. The summed E-state index contributed by atoms with van der Waals surface area (Å²) in [6, 6.07) is 18.0. The number of benzene rings is 3. The van der Waals surface area contributed by atoms with Gasteiger partial charge in [0.2, 0.25) is 0 Å². The van der Waals surface area contributed by atoms with Crippen LogP contribution in [0.3, 0.4) is 0 Å². The Kier molecular flexibility index (Phi) is 9.81. The minimum absolute atomic E-state index is 0.0237. The van der Waals surface area contributed by atoms with Crippen molar-refractivity contribution in [1.82, 2.24) is 4.98 Å². The van der Waals surface area contributed by atoms with E-state index < -0.39 is 12.0 Å². The maximum absolute atomic E-state index is 12.3. The van der Waals surface area contributed by atoms with Crippen molar-refractivity contribution in [2.24, 2.45) is 5.73 Å². The molecule has 11 heteroatoms. The lowest BCUT2D eigenvalue weighted by Gasteiger charge is -2.17. The lowest BCUT2D eigenvalue weighted by Crippen LogP contribution is -2.35. The Hall–Kier alpha value is -4.54. The number of nitrogens with two attached hydrogens (primary N) is 1. The number of pyridine rings is 1. The standard InChI is InChI=1S/C32H33ClN4O6/c1-40-29-18-25-27(19-30(29)41-17-15-26(34)31(38)43-23-4-2-3-5-23)35-16-14-28(25)42-24-12-10-22(11-13-24)37-32(39)36-21-8-6-20(33)7-9-21/h6-14,16,18-19,23,26H,2-5,15,17,34H2,1H3,(H2,36,37,39)/t26-/m0/s1. The molecule has 4 aromatic rings. The van der Waals surface area contributed by atoms with Gasteiger partial charge in [-0.05, 0) is 86.3 Å². The molecule has 224 valence electrons. The monoisotopic (exact) mass is 604 g/mol. The molecule has 1 aliphatic rings. The molecule has 10 nitrogen and oxygen atoms in total. The second-order valence-electron chi connectivity index (χ2n) is 10.1. The number of methoxy groups -OCH3 is 1. The zero-order chi connectivity index (χ0) is 30.2. The Morgan fingerprint density at radius 3 is 2.30 bits per heavy atom. The van der Waals surface area contributed by atoms with E-state index in [1.165, 1.54) is 0 Å². The van der Waals surface area contributed by atoms with E-state index in [2.05, 4.69) is 15.6 Å². The van der Waals surface area contributed by atoms with Crippen LogP contribution >= 0.6 is 11.6 Å². The van der Waals surface area contributed by atoms with Gasteiger partial charge in [-0.3, -0.25) is 9.78 Å². The Morgan fingerprint density at radius 2 is 1.63 bits per heavy atom. The van der Waals surface area contributed by atoms with Gasteiger partial charge in [-0.2, -0.15) is 0 Å². The summed E-state index contributed by atoms with van der Waals surface area (Å²) in [7, 11) is 1.55. The van der Waals surface area contributed by atoms with Gasteiger partial charge in [0.05, 0.1) is 19.2 Å². The van der Waals surface area contributed by atoms with Gasteiger partial charge in [0.25, 0.3) is 0 Å². The SMILES string of the molecule is COc1cc2c(Oc3ccc(NC(=O)Nc4ccc(Cl)cc4)cc3)ccnc2cc1OCC[C@H](N)C(=O)OC1CCCC1. The third kappa shape index (κ3) is 8.06. The smallest absolute Gasteiger partial charge is 0.323 e. The van der Waals surface area contributed by atoms with Crippen molar-refractivity contribution in [1.29, 1.82) is 0 Å². The van der Waals surface area contributed by atoms with E-state index in [9.17, 15) is 9.59 Å². The summed E-state index contributed by atoms with van der Waals surface area (Å²) in [5, 5.41) is 6.83. The molecule has 1 fully saturated rings. The predicted molar refractivity (Wildman–Crippen MR) is 165 cm³/mol. The molecule has 4 N–H and O–H groups in total. The van der Waals surface area contributed by atoms with Crippen molar-refractivity contribution >= 4 is 45.9 Å². The van der Waals surface area contributed by atoms with Gasteiger partial charge in [0.15, 0.2) is 11.5 Å². The summed E-state index contributed by atoms with van der Waals surface area (Å²) >= 11 is 5.89. The second-order valence-corrected chi connectivity index (χ2v) is 10.6. The Labute approximate surface area is 254 Å². The van der Waals surface area contributed by atoms with E-state index in [4.69, 9.17) is 36.3 Å². The molecule has 0 spiro atoms. The van der Waals surface area contributed by atoms with E-state index in [0.717, 1.165) is 25.7 Å². The zero-order valence-corrected chi connectivity index (χ0v) is 24.4. The first-order valence-electron chi connectivity index (χ1n) is 14.0. The number of halogens is 1. The number of fused-ring (bicyclic) bond motifs is 1. The van der Waals surface area contributed by atoms with Crippen LogP contribution in [0.4, 0.5) is 16.2 Å². The highest BCUT2D eigenvalue weighted by atomic mass is 35.5. The van der Waals surface area contributed by atoms with Crippen molar-refractivity contribution in [3.8, 4) is 23.0 Å². The van der Waals surface area contributed by atoms with Crippen LogP contribution in [0.25, 0.3) is 10.9 Å². The fraction of sp³-hybridized carbons (Fsp3) is 0.281. The molecule has 5 rings (SSSR count). The highest BCUT2D eigenvalue weighted by Crippen LogP contribution is 2.37. The van der Waals surface area contributed by atoms with Crippen LogP contribution in [0.1, 0.15) is 32.1 Å². The number of urea groups is 1. The first-order valence-corrected chi connectivity index (χ1v) is 14.4. The summed E-state index contributed by atoms with van der Waals surface area (Å²) in [6.07, 6.45) is 5.87. The third-order valence-corrected chi connectivity index (χ3v) is 7.26. The van der Waals surface area contributed by atoms with Crippen LogP contribution < -0.4 is 30.6 Å². The number of carbonyl (C=O) groups excluding carboxylic acids is 2. The summed E-state index contributed by atoms with van der Waals surface area (Å²) in [6.45, 7) is 0.205. The number of nitrogens with one attached hydrogen (secondary N) is 2. The minimum atomic E-state index is -0.760. The maximum Gasteiger partial charge on any atom is 0.323 e. The molecule has 1 saturated carbocycles. The lowest BCUT2D eigenvalue weighted by atomic mass is 10.1.